The lowest BCUT2D eigenvalue weighted by Gasteiger charge is -2.12. The van der Waals surface area contributed by atoms with Crippen LogP contribution in [0.2, 0.25) is 0 Å². The lowest BCUT2D eigenvalue weighted by Crippen LogP contribution is -2.02. The molecule has 0 aliphatic carbocycles. The number of hydrogen-bond acceptors (Lipinski definition) is 17. The summed E-state index contributed by atoms with van der Waals surface area (Å²) in [5.41, 5.74) is 10.1. The number of phenols is 3. The first-order valence-electron chi connectivity index (χ1n) is 15.2. The molecule has 0 unspecified atom stereocenters. The molecular weight excluding hydrogens is 837 g/mol. The molecule has 0 saturated heterocycles. The minimum absolute atomic E-state index is 0.0866. The van der Waals surface area contributed by atoms with E-state index in [4.69, 9.17) is 11.5 Å². The molecule has 296 valence electrons. The summed E-state index contributed by atoms with van der Waals surface area (Å²) < 4.78 is 134. The van der Waals surface area contributed by atoms with Gasteiger partial charge in [-0.2, -0.15) is 38.8 Å². The van der Waals surface area contributed by atoms with Crippen molar-refractivity contribution in [2.75, 3.05) is 11.5 Å². The third-order valence-electron chi connectivity index (χ3n) is 8.16. The number of hydrogen-bond donors (Lipinski definition) is 9. The second kappa shape index (κ2) is 14.0. The molecule has 0 spiro atoms. The Morgan fingerprint density at radius 3 is 1.28 bits per heavy atom. The van der Waals surface area contributed by atoms with Gasteiger partial charge in [0.05, 0.1) is 15.5 Å². The summed E-state index contributed by atoms with van der Waals surface area (Å²) in [5.74, 6) is -2.31. The minimum atomic E-state index is -5.14. The first-order valence-corrected chi connectivity index (χ1v) is 21.0. The van der Waals surface area contributed by atoms with Gasteiger partial charge in [0, 0.05) is 22.1 Å². The lowest BCUT2D eigenvalue weighted by atomic mass is 10.0. The number of rotatable bonds is 9. The quantitative estimate of drug-likeness (QED) is 0.0474. The van der Waals surface area contributed by atoms with Crippen molar-refractivity contribution in [2.45, 2.75) is 19.6 Å². The molecule has 0 heterocycles. The average molecular weight is 861 g/mol. The Morgan fingerprint density at radius 2 is 0.877 bits per heavy atom. The summed E-state index contributed by atoms with van der Waals surface area (Å²) in [6, 6.07) is 14.5. The maximum Gasteiger partial charge on any atom is 0.296 e. The second-order valence-corrected chi connectivity index (χ2v) is 17.5. The molecule has 21 nitrogen and oxygen atoms in total. The Morgan fingerprint density at radius 1 is 0.456 bits per heavy atom. The van der Waals surface area contributed by atoms with E-state index in [2.05, 4.69) is 20.5 Å². The van der Waals surface area contributed by atoms with E-state index in [1.54, 1.807) is 0 Å². The number of fused-ring (bicyclic) bond motifs is 2. The van der Waals surface area contributed by atoms with Gasteiger partial charge in [-0.25, -0.2) is 0 Å². The van der Waals surface area contributed by atoms with E-state index in [9.17, 15) is 67.2 Å². The Bertz CT molecular complexity index is 3230. The van der Waals surface area contributed by atoms with Gasteiger partial charge in [0.25, 0.3) is 40.5 Å². The maximum absolute atomic E-state index is 12.2. The minimum Gasteiger partial charge on any atom is -0.506 e. The van der Waals surface area contributed by atoms with Crippen LogP contribution in [0.15, 0.2) is 119 Å². The van der Waals surface area contributed by atoms with E-state index in [1.165, 1.54) is 42.5 Å². The van der Waals surface area contributed by atoms with Crippen LogP contribution in [0.1, 0.15) is 0 Å². The van der Waals surface area contributed by atoms with Gasteiger partial charge in [-0.15, -0.1) is 15.3 Å². The monoisotopic (exact) mass is 860 g/mol. The molecule has 0 aliphatic rings. The summed E-state index contributed by atoms with van der Waals surface area (Å²) in [5, 5.41) is 46.6. The molecule has 6 rings (SSSR count). The third kappa shape index (κ3) is 8.02. The van der Waals surface area contributed by atoms with E-state index >= 15 is 0 Å². The summed E-state index contributed by atoms with van der Waals surface area (Å²) in [6.45, 7) is 0. The first kappa shape index (κ1) is 40.3. The molecule has 0 fully saturated rings. The number of phenolic OH excluding ortho intramolecular Hbond substituents is 3. The molecule has 0 radical (unpaired) electrons. The zero-order valence-corrected chi connectivity index (χ0v) is 31.2. The summed E-state index contributed by atoms with van der Waals surface area (Å²) in [7, 11) is -19.8. The smallest absolute Gasteiger partial charge is 0.296 e. The number of nitrogens with zero attached hydrogens (tertiary/aromatic N) is 4. The van der Waals surface area contributed by atoms with E-state index in [1.807, 2.05) is 0 Å². The molecule has 11 N–H and O–H groups in total. The molecule has 25 heteroatoms. The normalized spacial score (nSPS) is 13.0. The Hall–Kier alpha value is -6.32. The highest BCUT2D eigenvalue weighted by molar-refractivity contribution is 7.86. The largest absolute Gasteiger partial charge is 0.506 e. The SMILES string of the molecule is Nc1cc(S(=O)(=O)O)cc2cc(S(=O)(=O)O)c(N=Nc3ccc(-c4ccc(N=Nc5c(S(=O)(=O)O)cc6cc(S(=O)(=O)O)cc(N)c6c5O)c(O)c4)cc3)c(O)c12. The molecule has 57 heavy (non-hydrogen) atoms. The van der Waals surface area contributed by atoms with Crippen LogP contribution in [-0.2, 0) is 40.5 Å². The van der Waals surface area contributed by atoms with Crippen LogP contribution in [0.3, 0.4) is 0 Å². The number of nitrogens with two attached hydrogens (primary N) is 2. The van der Waals surface area contributed by atoms with E-state index in [-0.39, 0.29) is 38.6 Å². The molecule has 0 bridgehead atoms. The Kier molecular flexibility index (Phi) is 9.91. The molecule has 0 atom stereocenters. The molecule has 0 aliphatic heterocycles. The van der Waals surface area contributed by atoms with Crippen LogP contribution < -0.4 is 11.5 Å². The zero-order chi connectivity index (χ0) is 42.0. The Labute approximate surface area is 320 Å². The number of anilines is 2. The Balaban J connectivity index is 1.31. The summed E-state index contributed by atoms with van der Waals surface area (Å²) >= 11 is 0. The molecule has 0 saturated carbocycles. The van der Waals surface area contributed by atoms with Crippen molar-refractivity contribution in [3.05, 3.63) is 78.9 Å². The van der Waals surface area contributed by atoms with Crippen molar-refractivity contribution >= 4 is 96.1 Å². The average Bonchev–Trinajstić information content (AvgIpc) is 3.09. The van der Waals surface area contributed by atoms with Gasteiger partial charge in [0.1, 0.15) is 32.6 Å². The fourth-order valence-corrected chi connectivity index (χ4v) is 8.01. The van der Waals surface area contributed by atoms with Crippen molar-refractivity contribution < 1.29 is 67.2 Å². The van der Waals surface area contributed by atoms with Crippen molar-refractivity contribution in [2.24, 2.45) is 20.5 Å². The van der Waals surface area contributed by atoms with Gasteiger partial charge >= 0.3 is 0 Å². The highest BCUT2D eigenvalue weighted by Crippen LogP contribution is 2.46. The zero-order valence-electron chi connectivity index (χ0n) is 28.0. The van der Waals surface area contributed by atoms with Gasteiger partial charge in [0.15, 0.2) is 11.5 Å². The maximum atomic E-state index is 12.2. The molecule has 0 aromatic heterocycles. The van der Waals surface area contributed by atoms with Gasteiger partial charge in [-0.3, -0.25) is 18.2 Å². The standard InChI is InChI=1S/C32H24N6O15S4/c33-21-12-19(54(42,43)44)7-16-10-25(56(48,49)50)29(31(40)27(16)21)37-35-18-4-1-14(2-5-18)15-3-6-23(24(39)9-15)36-38-30-26(57(51,52)53)11-17-8-20(55(45,46)47)13-22(34)28(17)32(30)41/h1-13,39-41H,33-34H2,(H,42,43,44)(H,45,46,47)(H,48,49,50)(H,51,52,53). The van der Waals surface area contributed by atoms with Crippen LogP contribution in [0, 0.1) is 0 Å². The van der Waals surface area contributed by atoms with Crippen LogP contribution >= 0.6 is 0 Å². The van der Waals surface area contributed by atoms with Crippen LogP contribution in [0.25, 0.3) is 32.7 Å². The predicted molar refractivity (Wildman–Crippen MR) is 201 cm³/mol. The third-order valence-corrected chi connectivity index (χ3v) is 11.6. The predicted octanol–water partition coefficient (Wildman–Crippen LogP) is 5.76. The first-order chi connectivity index (χ1) is 26.3. The number of azo groups is 2. The van der Waals surface area contributed by atoms with Gasteiger partial charge in [0.2, 0.25) is 0 Å². The van der Waals surface area contributed by atoms with Crippen molar-refractivity contribution in [3.8, 4) is 28.4 Å². The van der Waals surface area contributed by atoms with Crippen LogP contribution in [0.5, 0.6) is 17.2 Å². The lowest BCUT2D eigenvalue weighted by molar-refractivity contribution is 0.471. The van der Waals surface area contributed by atoms with Crippen molar-refractivity contribution in [1.82, 2.24) is 0 Å². The van der Waals surface area contributed by atoms with Gasteiger partial charge in [-0.05, 0) is 82.6 Å². The number of aromatic hydroxyl groups is 3. The molecule has 6 aromatic carbocycles. The fraction of sp³-hybridized carbons (Fsp3) is 0. The van der Waals surface area contributed by atoms with E-state index in [0.717, 1.165) is 36.4 Å². The van der Waals surface area contributed by atoms with Gasteiger partial charge < -0.3 is 26.8 Å². The van der Waals surface area contributed by atoms with Crippen molar-refractivity contribution in [1.29, 1.82) is 0 Å². The number of nitrogen functional groups attached to an aromatic ring is 2. The molecule has 0 amide bonds. The summed E-state index contributed by atoms with van der Waals surface area (Å²) in [6.07, 6.45) is 0. The second-order valence-electron chi connectivity index (χ2n) is 11.9. The van der Waals surface area contributed by atoms with Crippen LogP contribution in [0.4, 0.5) is 34.1 Å². The van der Waals surface area contributed by atoms with E-state index < -0.39 is 94.4 Å². The molecule has 6 aromatic rings. The highest BCUT2D eigenvalue weighted by atomic mass is 32.2. The topological polar surface area (TPSA) is 380 Å². The van der Waals surface area contributed by atoms with Crippen molar-refractivity contribution in [3.63, 3.8) is 0 Å². The number of benzene rings is 6. The van der Waals surface area contributed by atoms with Gasteiger partial charge in [-0.1, -0.05) is 18.2 Å². The van der Waals surface area contributed by atoms with Crippen LogP contribution in [-0.4, -0.2) is 67.2 Å². The van der Waals surface area contributed by atoms with E-state index in [0.29, 0.717) is 11.1 Å². The molecular formula is C32H24N6O15S4. The fourth-order valence-electron chi connectivity index (χ4n) is 5.59. The summed E-state index contributed by atoms with van der Waals surface area (Å²) in [4.78, 5) is -3.41. The highest BCUT2D eigenvalue weighted by Gasteiger charge is 2.26.